The molecule has 0 fully saturated rings. The van der Waals surface area contributed by atoms with Crippen LogP contribution < -0.4 is 0 Å². The van der Waals surface area contributed by atoms with Crippen LogP contribution in [0.2, 0.25) is 5.15 Å². The zero-order valence-corrected chi connectivity index (χ0v) is 14.8. The van der Waals surface area contributed by atoms with Crippen LogP contribution in [0.1, 0.15) is 21.9 Å². The number of carboxylic acid groups (broad SMARTS) is 1. The minimum absolute atomic E-state index is 0.237. The van der Waals surface area contributed by atoms with Gasteiger partial charge in [0.2, 0.25) is 0 Å². The van der Waals surface area contributed by atoms with Crippen molar-refractivity contribution in [2.75, 3.05) is 6.38 Å². The molecule has 3 rings (SSSR count). The van der Waals surface area contributed by atoms with E-state index in [1.54, 1.807) is 29.1 Å². The largest absolute Gasteiger partial charge is 0.477 e. The van der Waals surface area contributed by atoms with Gasteiger partial charge in [0.1, 0.15) is 16.7 Å². The minimum atomic E-state index is -0.949. The van der Waals surface area contributed by atoms with Crippen LogP contribution in [-0.4, -0.2) is 31.6 Å². The van der Waals surface area contributed by atoms with Crippen LogP contribution in [0.25, 0.3) is 5.69 Å². The predicted octanol–water partition coefficient (Wildman–Crippen LogP) is 4.24. The summed E-state index contributed by atoms with van der Waals surface area (Å²) < 4.78 is 3.55. The first-order valence-corrected chi connectivity index (χ1v) is 8.25. The average Bonchev–Trinajstić information content (AvgIpc) is 3.20. The average molecular weight is 366 g/mol. The number of carbonyl (C=O) groups is 1. The maximum absolute atomic E-state index is 11.2. The number of rotatable bonds is 4. The van der Waals surface area contributed by atoms with Crippen LogP contribution in [-0.2, 0) is 6.54 Å². The van der Waals surface area contributed by atoms with E-state index in [0.717, 1.165) is 17.1 Å². The molecule has 0 unspecified atom stereocenters. The summed E-state index contributed by atoms with van der Waals surface area (Å²) in [7, 11) is 0. The molecular formula is C17H17Cl2N3O2. The first-order valence-electron chi connectivity index (χ1n) is 7.11. The molecule has 0 radical (unpaired) electrons. The third-order valence-electron chi connectivity index (χ3n) is 3.53. The second-order valence-electron chi connectivity index (χ2n) is 4.95. The van der Waals surface area contributed by atoms with Gasteiger partial charge in [-0.25, -0.2) is 9.78 Å². The highest BCUT2D eigenvalue weighted by Crippen LogP contribution is 2.17. The molecule has 1 aromatic carbocycles. The van der Waals surface area contributed by atoms with Gasteiger partial charge in [0.25, 0.3) is 0 Å². The fraction of sp³-hybridized carbons (Fsp3) is 0.176. The lowest BCUT2D eigenvalue weighted by molar-refractivity contribution is 0.0688. The third-order valence-corrected chi connectivity index (χ3v) is 3.83. The summed E-state index contributed by atoms with van der Waals surface area (Å²) in [6.45, 7) is 2.53. The Morgan fingerprint density at radius 2 is 1.88 bits per heavy atom. The fourth-order valence-corrected chi connectivity index (χ4v) is 2.59. The number of aromatic carboxylic acids is 1. The van der Waals surface area contributed by atoms with Gasteiger partial charge in [-0.15, -0.1) is 11.6 Å². The summed E-state index contributed by atoms with van der Waals surface area (Å²) in [6, 6.07) is 11.0. The number of aryl methyl sites for hydroxylation is 1. The molecule has 0 bridgehead atoms. The number of alkyl halides is 1. The van der Waals surface area contributed by atoms with Gasteiger partial charge in [-0.1, -0.05) is 23.7 Å². The number of aromatic nitrogens is 3. The van der Waals surface area contributed by atoms with Crippen molar-refractivity contribution in [3.63, 3.8) is 0 Å². The summed E-state index contributed by atoms with van der Waals surface area (Å²) in [5.41, 5.74) is 2.11. The van der Waals surface area contributed by atoms with Crippen LogP contribution >= 0.6 is 23.2 Å². The zero-order valence-electron chi connectivity index (χ0n) is 13.3. The third kappa shape index (κ3) is 3.80. The standard InChI is InChI=1S/C16H14ClN3O2.CH3Cl/c1-11-18-9-15(17)20(11)10-12-4-6-13(7-5-12)19-8-2-3-14(19)16(21)22;1-2/h2-9H,10H2,1H3,(H,21,22);1H3. The lowest BCUT2D eigenvalue weighted by atomic mass is 10.2. The monoisotopic (exact) mass is 365 g/mol. The highest BCUT2D eigenvalue weighted by Gasteiger charge is 2.10. The Hall–Kier alpha value is -2.24. The Balaban J connectivity index is 0.00000100. The molecule has 2 heterocycles. The number of hydrogen-bond acceptors (Lipinski definition) is 2. The summed E-state index contributed by atoms with van der Waals surface area (Å²) in [4.78, 5) is 15.3. The molecule has 0 amide bonds. The van der Waals surface area contributed by atoms with Crippen LogP contribution in [0.4, 0.5) is 0 Å². The molecule has 3 aromatic rings. The van der Waals surface area contributed by atoms with E-state index < -0.39 is 5.97 Å². The SMILES string of the molecule is CCl.Cc1ncc(Cl)n1Cc1ccc(-n2cccc2C(=O)O)cc1. The molecule has 0 aliphatic rings. The molecule has 0 atom stereocenters. The molecule has 1 N–H and O–H groups in total. The van der Waals surface area contributed by atoms with Gasteiger partial charge in [0, 0.05) is 18.3 Å². The lowest BCUT2D eigenvalue weighted by Crippen LogP contribution is -2.06. The number of carboxylic acids is 1. The van der Waals surface area contributed by atoms with Crippen molar-refractivity contribution < 1.29 is 9.90 Å². The first kappa shape index (κ1) is 18.1. The van der Waals surface area contributed by atoms with E-state index in [1.807, 2.05) is 35.8 Å². The molecule has 0 aliphatic carbocycles. The molecule has 0 aliphatic heterocycles. The van der Waals surface area contributed by atoms with E-state index in [-0.39, 0.29) is 5.69 Å². The number of imidazole rings is 1. The molecule has 0 saturated heterocycles. The normalized spacial score (nSPS) is 10.2. The molecule has 7 heteroatoms. The summed E-state index contributed by atoms with van der Waals surface area (Å²) in [5, 5.41) is 9.75. The molecule has 126 valence electrons. The molecular weight excluding hydrogens is 349 g/mol. The number of halogens is 2. The van der Waals surface area contributed by atoms with Gasteiger partial charge in [0.15, 0.2) is 0 Å². The van der Waals surface area contributed by atoms with E-state index in [1.165, 1.54) is 6.38 Å². The smallest absolute Gasteiger partial charge is 0.352 e. The number of benzene rings is 1. The Morgan fingerprint density at radius 1 is 1.21 bits per heavy atom. The Bertz CT molecular complexity index is 803. The minimum Gasteiger partial charge on any atom is -0.477 e. The van der Waals surface area contributed by atoms with Gasteiger partial charge < -0.3 is 14.2 Å². The zero-order chi connectivity index (χ0) is 17.7. The van der Waals surface area contributed by atoms with Crippen LogP contribution in [0.15, 0.2) is 48.8 Å². The Labute approximate surface area is 150 Å². The maximum Gasteiger partial charge on any atom is 0.352 e. The second-order valence-corrected chi connectivity index (χ2v) is 5.34. The highest BCUT2D eigenvalue weighted by atomic mass is 35.5. The number of nitrogens with zero attached hydrogens (tertiary/aromatic N) is 3. The predicted molar refractivity (Wildman–Crippen MR) is 95.6 cm³/mol. The topological polar surface area (TPSA) is 60.0 Å². The summed E-state index contributed by atoms with van der Waals surface area (Å²) >= 11 is 10.7. The second kappa shape index (κ2) is 8.04. The van der Waals surface area contributed by atoms with Crippen LogP contribution in [0, 0.1) is 6.92 Å². The van der Waals surface area contributed by atoms with Crippen molar-refractivity contribution in [2.24, 2.45) is 0 Å². The summed E-state index contributed by atoms with van der Waals surface area (Å²) in [6.07, 6.45) is 4.83. The molecule has 0 spiro atoms. The van der Waals surface area contributed by atoms with Gasteiger partial charge in [-0.05, 0) is 36.8 Å². The van der Waals surface area contributed by atoms with E-state index >= 15 is 0 Å². The highest BCUT2D eigenvalue weighted by molar-refractivity contribution is 6.29. The van der Waals surface area contributed by atoms with Gasteiger partial charge in [-0.2, -0.15) is 0 Å². The van der Waals surface area contributed by atoms with Crippen molar-refractivity contribution >= 4 is 29.2 Å². The van der Waals surface area contributed by atoms with Crippen molar-refractivity contribution in [2.45, 2.75) is 13.5 Å². The van der Waals surface area contributed by atoms with Crippen molar-refractivity contribution in [3.8, 4) is 5.69 Å². The van der Waals surface area contributed by atoms with Crippen molar-refractivity contribution in [1.82, 2.24) is 14.1 Å². The van der Waals surface area contributed by atoms with Crippen molar-refractivity contribution in [3.05, 3.63) is 71.0 Å². The van der Waals surface area contributed by atoms with Crippen LogP contribution in [0.3, 0.4) is 0 Å². The molecule has 0 saturated carbocycles. The fourth-order valence-electron chi connectivity index (χ4n) is 2.36. The molecule has 24 heavy (non-hydrogen) atoms. The maximum atomic E-state index is 11.2. The number of hydrogen-bond donors (Lipinski definition) is 1. The lowest BCUT2D eigenvalue weighted by Gasteiger charge is -2.10. The molecule has 2 aromatic heterocycles. The van der Waals surface area contributed by atoms with E-state index in [9.17, 15) is 4.79 Å². The van der Waals surface area contributed by atoms with E-state index in [0.29, 0.717) is 11.7 Å². The molecule has 5 nitrogen and oxygen atoms in total. The van der Waals surface area contributed by atoms with E-state index in [4.69, 9.17) is 16.7 Å². The Morgan fingerprint density at radius 3 is 2.42 bits per heavy atom. The van der Waals surface area contributed by atoms with Gasteiger partial charge in [-0.3, -0.25) is 0 Å². The Kier molecular flexibility index (Phi) is 6.06. The quantitative estimate of drug-likeness (QED) is 0.703. The van der Waals surface area contributed by atoms with Crippen LogP contribution in [0.5, 0.6) is 0 Å². The van der Waals surface area contributed by atoms with Gasteiger partial charge in [0.05, 0.1) is 12.7 Å². The first-order chi connectivity index (χ1) is 11.6. The van der Waals surface area contributed by atoms with Gasteiger partial charge >= 0.3 is 5.97 Å². The summed E-state index contributed by atoms with van der Waals surface area (Å²) in [5.74, 6) is -0.0949. The van der Waals surface area contributed by atoms with E-state index in [2.05, 4.69) is 16.6 Å². The van der Waals surface area contributed by atoms with Crippen molar-refractivity contribution in [1.29, 1.82) is 0 Å².